The fourth-order valence-electron chi connectivity index (χ4n) is 3.60. The highest BCUT2D eigenvalue weighted by Crippen LogP contribution is 2.24. The maximum absolute atomic E-state index is 12.9. The smallest absolute Gasteiger partial charge is 0.326 e. The molecular weight excluding hydrogens is 422 g/mol. The van der Waals surface area contributed by atoms with Crippen molar-refractivity contribution < 1.29 is 23.9 Å². The number of aromatic nitrogens is 1. The van der Waals surface area contributed by atoms with E-state index in [4.69, 9.17) is 16.3 Å². The zero-order valence-corrected chi connectivity index (χ0v) is 18.7. The highest BCUT2D eigenvalue weighted by molar-refractivity contribution is 6.30. The maximum Gasteiger partial charge on any atom is 0.326 e. The summed E-state index contributed by atoms with van der Waals surface area (Å²) in [6.07, 6.45) is -1.08. The molecule has 1 N–H and O–H groups in total. The summed E-state index contributed by atoms with van der Waals surface area (Å²) in [5, 5.41) is 3.10. The Hall–Kier alpha value is -3.13. The van der Waals surface area contributed by atoms with Crippen LogP contribution in [0.5, 0.6) is 0 Å². The largest absolute Gasteiger partial charge is 0.453 e. The van der Waals surface area contributed by atoms with Gasteiger partial charge in [-0.1, -0.05) is 11.6 Å². The van der Waals surface area contributed by atoms with Gasteiger partial charge in [0.05, 0.1) is 0 Å². The molecule has 0 spiro atoms. The van der Waals surface area contributed by atoms with Gasteiger partial charge >= 0.3 is 12.0 Å². The second-order valence-electron chi connectivity index (χ2n) is 8.04. The molecule has 1 aromatic carbocycles. The third-order valence-corrected chi connectivity index (χ3v) is 5.44. The minimum atomic E-state index is -1.09. The second kappa shape index (κ2) is 8.19. The summed E-state index contributed by atoms with van der Waals surface area (Å²) in [5.74, 6) is -1.74. The van der Waals surface area contributed by atoms with Gasteiger partial charge in [0.15, 0.2) is 6.10 Å². The van der Waals surface area contributed by atoms with E-state index >= 15 is 0 Å². The third kappa shape index (κ3) is 4.34. The predicted octanol–water partition coefficient (Wildman–Crippen LogP) is 3.19. The van der Waals surface area contributed by atoms with Crippen LogP contribution in [0.2, 0.25) is 5.02 Å². The lowest BCUT2D eigenvalue weighted by atomic mass is 10.1. The molecule has 1 atom stereocenters. The highest BCUT2D eigenvalue weighted by Gasteiger charge is 2.45. The molecule has 9 heteroatoms. The topological polar surface area (TPSA) is 97.7 Å². The van der Waals surface area contributed by atoms with E-state index in [2.05, 4.69) is 5.32 Å². The number of halogens is 1. The fraction of sp³-hybridized carbons (Fsp3) is 0.364. The van der Waals surface area contributed by atoms with E-state index in [-0.39, 0.29) is 5.78 Å². The number of ether oxygens (including phenoxy) is 1. The van der Waals surface area contributed by atoms with Crippen molar-refractivity contribution in [2.24, 2.45) is 0 Å². The van der Waals surface area contributed by atoms with Gasteiger partial charge in [0.2, 0.25) is 5.78 Å². The number of Topliss-reactive ketones (excluding diaryl/α,β-unsaturated/α-hetero) is 1. The van der Waals surface area contributed by atoms with Crippen molar-refractivity contribution in [1.29, 1.82) is 0 Å². The first-order chi connectivity index (χ1) is 14.4. The molecule has 0 radical (unpaired) electrons. The molecule has 1 aromatic heterocycles. The van der Waals surface area contributed by atoms with Gasteiger partial charge < -0.3 is 14.6 Å². The van der Waals surface area contributed by atoms with E-state index in [0.717, 1.165) is 16.3 Å². The van der Waals surface area contributed by atoms with E-state index < -0.39 is 36.1 Å². The summed E-state index contributed by atoms with van der Waals surface area (Å²) < 4.78 is 7.14. The lowest BCUT2D eigenvalue weighted by molar-refractivity contribution is -0.149. The Morgan fingerprint density at radius 2 is 1.77 bits per heavy atom. The van der Waals surface area contributed by atoms with Crippen molar-refractivity contribution in [1.82, 2.24) is 14.8 Å². The molecule has 1 fully saturated rings. The van der Waals surface area contributed by atoms with Crippen LogP contribution in [0.1, 0.15) is 42.5 Å². The van der Waals surface area contributed by atoms with Crippen molar-refractivity contribution in [2.75, 3.05) is 6.54 Å². The van der Waals surface area contributed by atoms with E-state index in [1.807, 2.05) is 23.6 Å². The Morgan fingerprint density at radius 1 is 1.16 bits per heavy atom. The molecule has 0 bridgehead atoms. The van der Waals surface area contributed by atoms with Crippen LogP contribution in [0.3, 0.4) is 0 Å². The minimum absolute atomic E-state index is 0.376. The Balaban J connectivity index is 1.73. The van der Waals surface area contributed by atoms with Crippen molar-refractivity contribution >= 4 is 35.3 Å². The number of benzene rings is 1. The number of esters is 1. The monoisotopic (exact) mass is 445 g/mol. The molecule has 164 valence electrons. The molecule has 31 heavy (non-hydrogen) atoms. The van der Waals surface area contributed by atoms with Crippen molar-refractivity contribution in [3.05, 3.63) is 52.3 Å². The molecule has 1 aliphatic rings. The van der Waals surface area contributed by atoms with Crippen LogP contribution in [-0.4, -0.2) is 51.3 Å². The Morgan fingerprint density at radius 3 is 2.32 bits per heavy atom. The molecule has 1 unspecified atom stereocenters. The summed E-state index contributed by atoms with van der Waals surface area (Å²) in [6.45, 7) is 7.66. The molecule has 3 amide bonds. The number of nitrogens with zero attached hydrogens (tertiary/aromatic N) is 2. The van der Waals surface area contributed by atoms with E-state index in [0.29, 0.717) is 16.3 Å². The first-order valence-electron chi connectivity index (χ1n) is 9.75. The van der Waals surface area contributed by atoms with Gasteiger partial charge in [0.25, 0.3) is 5.91 Å². The molecule has 2 heterocycles. The SMILES string of the molecule is Cc1cc(C(=O)C(C)OC(=O)CN2C(=O)NC(C)(C)C2=O)c(C)n1-c1ccc(Cl)cc1. The third-order valence-electron chi connectivity index (χ3n) is 5.19. The van der Waals surface area contributed by atoms with Gasteiger partial charge in [-0.3, -0.25) is 19.3 Å². The molecule has 1 saturated heterocycles. The van der Waals surface area contributed by atoms with Gasteiger partial charge in [-0.2, -0.15) is 0 Å². The van der Waals surface area contributed by atoms with Gasteiger partial charge in [0, 0.05) is 27.7 Å². The summed E-state index contributed by atoms with van der Waals surface area (Å²) in [4.78, 5) is 50.2. The summed E-state index contributed by atoms with van der Waals surface area (Å²) in [7, 11) is 0. The van der Waals surface area contributed by atoms with Crippen molar-refractivity contribution in [3.63, 3.8) is 0 Å². The average molecular weight is 446 g/mol. The van der Waals surface area contributed by atoms with Gasteiger partial charge in [0.1, 0.15) is 12.1 Å². The van der Waals surface area contributed by atoms with E-state index in [9.17, 15) is 19.2 Å². The van der Waals surface area contributed by atoms with Crippen LogP contribution >= 0.6 is 11.6 Å². The Bertz CT molecular complexity index is 1070. The molecule has 0 saturated carbocycles. The molecule has 3 rings (SSSR count). The summed E-state index contributed by atoms with van der Waals surface area (Å²) >= 11 is 5.96. The molecule has 8 nitrogen and oxygen atoms in total. The number of hydrogen-bond acceptors (Lipinski definition) is 5. The number of imide groups is 1. The lowest BCUT2D eigenvalue weighted by Gasteiger charge is -2.17. The van der Waals surface area contributed by atoms with Crippen LogP contribution in [0.4, 0.5) is 4.79 Å². The average Bonchev–Trinajstić information content (AvgIpc) is 3.08. The zero-order valence-electron chi connectivity index (χ0n) is 18.0. The first-order valence-corrected chi connectivity index (χ1v) is 10.1. The van der Waals surface area contributed by atoms with Crippen LogP contribution in [-0.2, 0) is 14.3 Å². The standard InChI is InChI=1S/C22H24ClN3O5/c1-12-10-17(13(2)26(12)16-8-6-15(23)7-9-16)19(28)14(3)31-18(27)11-25-20(29)22(4,5)24-21(25)30/h6-10,14H,11H2,1-5H3,(H,24,30). The van der Waals surface area contributed by atoms with Gasteiger partial charge in [-0.05, 0) is 65.0 Å². The number of carbonyl (C=O) groups is 4. The number of hydrogen-bond donors (Lipinski definition) is 1. The van der Waals surface area contributed by atoms with Gasteiger partial charge in [-0.15, -0.1) is 0 Å². The highest BCUT2D eigenvalue weighted by atomic mass is 35.5. The number of nitrogens with one attached hydrogen (secondary N) is 1. The number of urea groups is 1. The summed E-state index contributed by atoms with van der Waals surface area (Å²) in [5.41, 5.74) is 1.72. The number of carbonyl (C=O) groups excluding carboxylic acids is 4. The molecule has 2 aromatic rings. The first kappa shape index (κ1) is 22.6. The number of rotatable bonds is 6. The van der Waals surface area contributed by atoms with E-state index in [1.165, 1.54) is 6.92 Å². The fourth-order valence-corrected chi connectivity index (χ4v) is 3.72. The molecular formula is C22H24ClN3O5. The molecule has 0 aliphatic carbocycles. The van der Waals surface area contributed by atoms with Crippen molar-refractivity contribution in [3.8, 4) is 5.69 Å². The van der Waals surface area contributed by atoms with Gasteiger partial charge in [-0.25, -0.2) is 4.79 Å². The lowest BCUT2D eigenvalue weighted by Crippen LogP contribution is -2.41. The minimum Gasteiger partial charge on any atom is -0.453 e. The Labute approximate surface area is 185 Å². The van der Waals surface area contributed by atoms with Crippen molar-refractivity contribution in [2.45, 2.75) is 46.3 Å². The Kier molecular flexibility index (Phi) is 5.96. The quantitative estimate of drug-likeness (QED) is 0.418. The van der Waals surface area contributed by atoms with Crippen LogP contribution in [0.15, 0.2) is 30.3 Å². The maximum atomic E-state index is 12.9. The van der Waals surface area contributed by atoms with Crippen LogP contribution in [0.25, 0.3) is 5.69 Å². The normalized spacial score (nSPS) is 16.3. The zero-order chi connectivity index (χ0) is 23.1. The van der Waals surface area contributed by atoms with Crippen LogP contribution in [0, 0.1) is 13.8 Å². The second-order valence-corrected chi connectivity index (χ2v) is 8.48. The van der Waals surface area contributed by atoms with Crippen LogP contribution < -0.4 is 5.32 Å². The summed E-state index contributed by atoms with van der Waals surface area (Å²) in [6, 6.07) is 8.28. The number of amides is 3. The van der Waals surface area contributed by atoms with E-state index in [1.54, 1.807) is 39.0 Å². The molecule has 1 aliphatic heterocycles. The number of ketones is 1. The number of aryl methyl sites for hydroxylation is 1. The predicted molar refractivity (Wildman–Crippen MR) is 114 cm³/mol.